The number of hydrogen-bond acceptors (Lipinski definition) is 5. The summed E-state index contributed by atoms with van der Waals surface area (Å²) in [6, 6.07) is 8.12. The van der Waals surface area contributed by atoms with Gasteiger partial charge in [-0.05, 0) is 49.6 Å². The van der Waals surface area contributed by atoms with Gasteiger partial charge in [-0.25, -0.2) is 8.42 Å². The van der Waals surface area contributed by atoms with Gasteiger partial charge in [0, 0.05) is 23.5 Å². The van der Waals surface area contributed by atoms with Crippen LogP contribution in [0.2, 0.25) is 0 Å². The lowest BCUT2D eigenvalue weighted by Crippen LogP contribution is -2.29. The Bertz CT molecular complexity index is 962. The van der Waals surface area contributed by atoms with Crippen molar-refractivity contribution in [3.63, 3.8) is 0 Å². The molecule has 0 unspecified atom stereocenters. The zero-order valence-electron chi connectivity index (χ0n) is 14.7. The molecule has 1 aromatic heterocycles. The Morgan fingerprint density at radius 3 is 2.77 bits per heavy atom. The van der Waals surface area contributed by atoms with Crippen molar-refractivity contribution in [3.8, 4) is 0 Å². The van der Waals surface area contributed by atoms with E-state index in [0.29, 0.717) is 29.4 Å². The number of amides is 1. The molecule has 0 saturated carbocycles. The minimum Gasteiger partial charge on any atom is -0.321 e. The second-order valence-electron chi connectivity index (χ2n) is 6.07. The van der Waals surface area contributed by atoms with E-state index in [0.717, 1.165) is 23.3 Å². The number of carbonyl (C=O) groups is 1. The molecule has 2 N–H and O–H groups in total. The van der Waals surface area contributed by atoms with Crippen molar-refractivity contribution in [2.75, 3.05) is 11.9 Å². The van der Waals surface area contributed by atoms with Crippen LogP contribution in [0.1, 0.15) is 39.9 Å². The Balaban J connectivity index is 1.77. The highest BCUT2D eigenvalue weighted by molar-refractivity contribution is 7.90. The molecule has 0 aliphatic carbocycles. The maximum absolute atomic E-state index is 12.5. The summed E-state index contributed by atoms with van der Waals surface area (Å²) in [5, 5.41) is 2.78. The monoisotopic (exact) mass is 391 g/mol. The largest absolute Gasteiger partial charge is 0.321 e. The summed E-state index contributed by atoms with van der Waals surface area (Å²) in [6.07, 6.45) is 2.36. The molecule has 0 atom stereocenters. The minimum absolute atomic E-state index is 0.0986. The summed E-state index contributed by atoms with van der Waals surface area (Å²) in [6.45, 7) is 4.69. The van der Waals surface area contributed by atoms with Gasteiger partial charge in [-0.3, -0.25) is 14.5 Å². The van der Waals surface area contributed by atoms with E-state index in [1.807, 2.05) is 19.9 Å². The van der Waals surface area contributed by atoms with Crippen LogP contribution in [0.4, 0.5) is 5.69 Å². The van der Waals surface area contributed by atoms with E-state index >= 15 is 0 Å². The number of anilines is 1. The predicted molar refractivity (Wildman–Crippen MR) is 105 cm³/mol. The summed E-state index contributed by atoms with van der Waals surface area (Å²) < 4.78 is 27.5. The normalized spacial score (nSPS) is 14.2. The zero-order chi connectivity index (χ0) is 18.7. The molecule has 2 heterocycles. The number of benzene rings is 1. The first-order valence-corrected chi connectivity index (χ1v) is 10.8. The molecule has 2 aromatic rings. The summed E-state index contributed by atoms with van der Waals surface area (Å²) in [5.74, 6) is 0.251. The molecule has 3 rings (SSSR count). The van der Waals surface area contributed by atoms with Crippen LogP contribution in [0.5, 0.6) is 0 Å². The number of nitrogens with zero attached hydrogens (tertiary/aromatic N) is 1. The van der Waals surface area contributed by atoms with E-state index in [4.69, 9.17) is 0 Å². The van der Waals surface area contributed by atoms with Crippen molar-refractivity contribution in [1.29, 1.82) is 0 Å². The van der Waals surface area contributed by atoms with Crippen molar-refractivity contribution in [2.24, 2.45) is 4.99 Å². The van der Waals surface area contributed by atoms with E-state index in [-0.39, 0.29) is 10.8 Å². The first-order chi connectivity index (χ1) is 12.4. The number of aliphatic imine (C=N–C) groups is 1. The molecule has 8 heteroatoms. The number of carbonyl (C=O) groups excluding carboxylic acids is 1. The Hall–Kier alpha value is -2.19. The Morgan fingerprint density at radius 1 is 1.31 bits per heavy atom. The van der Waals surface area contributed by atoms with Gasteiger partial charge in [0.1, 0.15) is 5.84 Å². The van der Waals surface area contributed by atoms with Crippen LogP contribution < -0.4 is 10.0 Å². The standard InChI is InChI=1S/C18H21N3O3S2/c1-3-13-10-16(25-12(13)2)18(22)20-14-6-4-7-15(11-14)26(23,24)21-17-8-5-9-19-17/h4,6-7,10-11H,3,5,8-9H2,1-2H3,(H,19,21)(H,20,22). The molecule has 1 aliphatic heterocycles. The quantitative estimate of drug-likeness (QED) is 0.819. The number of sulfonamides is 1. The van der Waals surface area contributed by atoms with Crippen molar-refractivity contribution >= 4 is 38.8 Å². The fourth-order valence-corrected chi connectivity index (χ4v) is 4.90. The average Bonchev–Trinajstić information content (AvgIpc) is 3.24. The smallest absolute Gasteiger partial charge is 0.265 e. The van der Waals surface area contributed by atoms with Gasteiger partial charge < -0.3 is 5.32 Å². The Morgan fingerprint density at radius 2 is 2.12 bits per heavy atom. The second-order valence-corrected chi connectivity index (χ2v) is 9.00. The molecular formula is C18H21N3O3S2. The van der Waals surface area contributed by atoms with Crippen LogP contribution in [-0.4, -0.2) is 26.7 Å². The molecule has 1 aliphatic rings. The summed E-state index contributed by atoms with van der Waals surface area (Å²) in [7, 11) is -3.70. The highest BCUT2D eigenvalue weighted by atomic mass is 32.2. The molecule has 0 spiro atoms. The van der Waals surface area contributed by atoms with Gasteiger partial charge in [0.2, 0.25) is 0 Å². The van der Waals surface area contributed by atoms with Gasteiger partial charge >= 0.3 is 0 Å². The molecular weight excluding hydrogens is 370 g/mol. The molecule has 1 aromatic carbocycles. The molecule has 0 saturated heterocycles. The van der Waals surface area contributed by atoms with E-state index in [1.54, 1.807) is 12.1 Å². The predicted octanol–water partition coefficient (Wildman–Crippen LogP) is 3.34. The van der Waals surface area contributed by atoms with Gasteiger partial charge in [-0.15, -0.1) is 11.3 Å². The lowest BCUT2D eigenvalue weighted by molar-refractivity contribution is 0.103. The number of amidine groups is 1. The number of aryl methyl sites for hydroxylation is 2. The molecule has 138 valence electrons. The summed E-state index contributed by atoms with van der Waals surface area (Å²) in [4.78, 5) is 18.4. The average molecular weight is 392 g/mol. The second kappa shape index (κ2) is 7.59. The summed E-state index contributed by atoms with van der Waals surface area (Å²) in [5.41, 5.74) is 1.59. The molecule has 0 bridgehead atoms. The highest BCUT2D eigenvalue weighted by Gasteiger charge is 2.19. The van der Waals surface area contributed by atoms with Crippen molar-refractivity contribution in [3.05, 3.63) is 45.6 Å². The van der Waals surface area contributed by atoms with Gasteiger partial charge in [-0.1, -0.05) is 13.0 Å². The van der Waals surface area contributed by atoms with Crippen molar-refractivity contribution < 1.29 is 13.2 Å². The van der Waals surface area contributed by atoms with Crippen LogP contribution in [0.3, 0.4) is 0 Å². The van der Waals surface area contributed by atoms with Crippen LogP contribution in [0, 0.1) is 6.92 Å². The van der Waals surface area contributed by atoms with Crippen LogP contribution in [0.25, 0.3) is 0 Å². The Labute approximate surface area is 157 Å². The van der Waals surface area contributed by atoms with Gasteiger partial charge in [0.15, 0.2) is 0 Å². The third kappa shape index (κ3) is 4.13. The third-order valence-corrected chi connectivity index (χ3v) is 6.62. The summed E-state index contributed by atoms with van der Waals surface area (Å²) >= 11 is 1.44. The molecule has 0 fully saturated rings. The minimum atomic E-state index is -3.70. The topological polar surface area (TPSA) is 87.6 Å². The molecule has 0 radical (unpaired) electrons. The van der Waals surface area contributed by atoms with Gasteiger partial charge in [0.05, 0.1) is 9.77 Å². The number of rotatable bonds is 5. The van der Waals surface area contributed by atoms with Gasteiger partial charge in [0.25, 0.3) is 15.9 Å². The van der Waals surface area contributed by atoms with E-state index in [9.17, 15) is 13.2 Å². The van der Waals surface area contributed by atoms with Crippen molar-refractivity contribution in [1.82, 2.24) is 4.72 Å². The zero-order valence-corrected chi connectivity index (χ0v) is 16.3. The van der Waals surface area contributed by atoms with Crippen LogP contribution in [0.15, 0.2) is 40.2 Å². The fourth-order valence-electron chi connectivity index (χ4n) is 2.75. The maximum atomic E-state index is 12.5. The lowest BCUT2D eigenvalue weighted by atomic mass is 10.2. The van der Waals surface area contributed by atoms with Crippen molar-refractivity contribution in [2.45, 2.75) is 38.0 Å². The van der Waals surface area contributed by atoms with Crippen LogP contribution in [-0.2, 0) is 16.4 Å². The molecule has 6 nitrogen and oxygen atoms in total. The first-order valence-electron chi connectivity index (χ1n) is 8.46. The first kappa shape index (κ1) is 18.6. The third-order valence-electron chi connectivity index (χ3n) is 4.15. The van der Waals surface area contributed by atoms with E-state index in [1.165, 1.54) is 23.5 Å². The molecule has 1 amide bonds. The Kier molecular flexibility index (Phi) is 5.43. The van der Waals surface area contributed by atoms with Gasteiger partial charge in [-0.2, -0.15) is 0 Å². The number of hydrogen-bond donors (Lipinski definition) is 2. The highest BCUT2D eigenvalue weighted by Crippen LogP contribution is 2.24. The van der Waals surface area contributed by atoms with Crippen LogP contribution >= 0.6 is 11.3 Å². The molecule has 26 heavy (non-hydrogen) atoms. The number of thiophene rings is 1. The SMILES string of the molecule is CCc1cc(C(=O)Nc2cccc(S(=O)(=O)NC3=NCCC3)c2)sc1C. The number of nitrogens with one attached hydrogen (secondary N) is 2. The lowest BCUT2D eigenvalue weighted by Gasteiger charge is -2.09. The maximum Gasteiger partial charge on any atom is 0.265 e. The van der Waals surface area contributed by atoms with E-state index < -0.39 is 10.0 Å². The van der Waals surface area contributed by atoms with E-state index in [2.05, 4.69) is 15.0 Å². The fraction of sp³-hybridized carbons (Fsp3) is 0.333.